The van der Waals surface area contributed by atoms with E-state index in [1.54, 1.807) is 60.7 Å². The predicted molar refractivity (Wildman–Crippen MR) is 529 cm³/mol. The first-order valence-electron chi connectivity index (χ1n) is 41.4. The number of hydrogen-bond donors (Lipinski definition) is 7. The van der Waals surface area contributed by atoms with Crippen LogP contribution in [-0.2, 0) is 55.3 Å². The molecule has 13 aromatic rings. The van der Waals surface area contributed by atoms with Gasteiger partial charge in [0.2, 0.25) is 26.0 Å². The molecule has 5 unspecified atom stereocenters. The zero-order valence-electron chi connectivity index (χ0n) is 73.8. The molecule has 10 aromatic carbocycles. The summed E-state index contributed by atoms with van der Waals surface area (Å²) in [6, 6.07) is 70.9. The second kappa shape index (κ2) is 43.7. The van der Waals surface area contributed by atoms with Gasteiger partial charge in [0, 0.05) is 48.7 Å². The normalized spacial score (nSPS) is 12.8. The number of carbonyl (C=O) groups is 4. The maximum Gasteiger partial charge on any atom is 0.265 e. The molecular weight excluding hydrogens is 1820 g/mol. The van der Waals surface area contributed by atoms with Crippen molar-refractivity contribution in [3.05, 3.63) is 261 Å². The molecule has 25 nitrogen and oxygen atoms in total. The van der Waals surface area contributed by atoms with Crippen LogP contribution in [-0.4, -0.2) is 88.6 Å². The molecule has 5 atom stereocenters. The number of nitrogens with zero attached hydrogens (tertiary/aromatic N) is 6. The fourth-order valence-electron chi connectivity index (χ4n) is 12.9. The van der Waals surface area contributed by atoms with Gasteiger partial charge < -0.3 is 30.7 Å². The molecule has 0 aliphatic heterocycles. The molecular formula is C96H99N13O12S9. The van der Waals surface area contributed by atoms with Crippen molar-refractivity contribution in [3.63, 3.8) is 0 Å². The van der Waals surface area contributed by atoms with Crippen molar-refractivity contribution in [1.82, 2.24) is 15.0 Å². The SMILES string of the molecule is CC(C)C(=O)Nc1ccccc1SC(C#N)c1nc2ccccc2s1.CCC(Oc1ccc(C)cc1C(C)(C)CC)C(=O)Nc1ccccc1SC(C#N)c1nc2ccc(NC(=O)c3cccc(NS(C)(=O)=O)c3)cc2s1.CCC(Oc1ccc(C)cc1C(C)(C)CC)C(=O)Nc1ccccc1SC(C#N)c1nc2ccc(S(=O)(=O)Nc3cccc(NS(C)(=O)=O)c3)cc2s1. The van der Waals surface area contributed by atoms with E-state index in [1.807, 2.05) is 145 Å². The number of rotatable bonds is 34. The van der Waals surface area contributed by atoms with Crippen molar-refractivity contribution in [1.29, 1.82) is 15.8 Å². The topological polar surface area (TPSA) is 383 Å². The minimum atomic E-state index is -4.06. The van der Waals surface area contributed by atoms with Crippen molar-refractivity contribution in [2.75, 3.05) is 47.9 Å². The van der Waals surface area contributed by atoms with Crippen molar-refractivity contribution in [2.45, 2.75) is 167 Å². The smallest absolute Gasteiger partial charge is 0.265 e. The van der Waals surface area contributed by atoms with Crippen LogP contribution in [0, 0.1) is 53.8 Å². The van der Waals surface area contributed by atoms with E-state index in [9.17, 15) is 60.2 Å². The Kier molecular flexibility index (Phi) is 33.2. The molecule has 7 N–H and O–H groups in total. The van der Waals surface area contributed by atoms with Crippen LogP contribution >= 0.6 is 69.3 Å². The first kappa shape index (κ1) is 98.7. The molecule has 0 aliphatic rings. The Balaban J connectivity index is 0.000000200. The minimum Gasteiger partial charge on any atom is -0.480 e. The lowest BCUT2D eigenvalue weighted by Crippen LogP contribution is -2.33. The number of aryl methyl sites for hydroxylation is 2. The highest BCUT2D eigenvalue weighted by Gasteiger charge is 2.32. The summed E-state index contributed by atoms with van der Waals surface area (Å²) in [7, 11) is -11.1. The molecule has 0 saturated heterocycles. The molecule has 34 heteroatoms. The van der Waals surface area contributed by atoms with Gasteiger partial charge in [-0.2, -0.15) is 15.8 Å². The van der Waals surface area contributed by atoms with E-state index < -0.39 is 63.9 Å². The van der Waals surface area contributed by atoms with Gasteiger partial charge in [0.15, 0.2) is 12.2 Å². The maximum absolute atomic E-state index is 13.6. The Morgan fingerprint density at radius 1 is 0.423 bits per heavy atom. The van der Waals surface area contributed by atoms with E-state index >= 15 is 0 Å². The van der Waals surface area contributed by atoms with Crippen molar-refractivity contribution >= 4 is 193 Å². The number of sulfonamides is 3. The number of para-hydroxylation sites is 4. The van der Waals surface area contributed by atoms with Crippen molar-refractivity contribution in [2.24, 2.45) is 5.92 Å². The minimum absolute atomic E-state index is 0.0281. The number of thiazole rings is 3. The first-order chi connectivity index (χ1) is 61.8. The van der Waals surface area contributed by atoms with E-state index in [1.165, 1.54) is 112 Å². The summed E-state index contributed by atoms with van der Waals surface area (Å²) >= 11 is 8.00. The largest absolute Gasteiger partial charge is 0.480 e. The fraction of sp³-hybridized carbons (Fsp3) is 0.271. The molecule has 3 aromatic heterocycles. The summed E-state index contributed by atoms with van der Waals surface area (Å²) in [6.07, 6.45) is 3.27. The van der Waals surface area contributed by atoms with Gasteiger partial charge in [0.05, 0.1) is 94.7 Å². The van der Waals surface area contributed by atoms with Crippen molar-refractivity contribution in [3.8, 4) is 29.7 Å². The van der Waals surface area contributed by atoms with E-state index in [0.717, 1.165) is 78.1 Å². The number of amides is 4. The zero-order valence-corrected chi connectivity index (χ0v) is 81.2. The number of carbonyl (C=O) groups excluding carboxylic acids is 4. The third-order valence-electron chi connectivity index (χ3n) is 20.6. The van der Waals surface area contributed by atoms with Gasteiger partial charge in [-0.05, 0) is 184 Å². The van der Waals surface area contributed by atoms with E-state index in [4.69, 9.17) is 14.5 Å². The second-order valence-corrected chi connectivity index (χ2v) is 43.7. The molecule has 0 saturated carbocycles. The van der Waals surface area contributed by atoms with E-state index in [2.05, 4.69) is 117 Å². The number of hydrogen-bond acceptors (Lipinski definition) is 24. The van der Waals surface area contributed by atoms with E-state index in [0.29, 0.717) is 76.9 Å². The number of nitrogens with one attached hydrogen (secondary N) is 7. The average molecular weight is 1920 g/mol. The van der Waals surface area contributed by atoms with Crippen LogP contribution < -0.4 is 44.9 Å². The third kappa shape index (κ3) is 26.5. The predicted octanol–water partition coefficient (Wildman–Crippen LogP) is 22.9. The van der Waals surface area contributed by atoms with Crippen LogP contribution in [0.15, 0.2) is 238 Å². The lowest BCUT2D eigenvalue weighted by atomic mass is 9.81. The average Bonchev–Trinajstić information content (AvgIpc) is 1.71. The highest BCUT2D eigenvalue weighted by molar-refractivity contribution is 8.00. The molecule has 674 valence electrons. The lowest BCUT2D eigenvalue weighted by molar-refractivity contribution is -0.123. The highest BCUT2D eigenvalue weighted by Crippen LogP contribution is 2.47. The quantitative estimate of drug-likeness (QED) is 0.0184. The van der Waals surface area contributed by atoms with Crippen LogP contribution in [0.5, 0.6) is 11.5 Å². The number of nitriles is 3. The van der Waals surface area contributed by atoms with Gasteiger partial charge in [-0.15, -0.1) is 34.0 Å². The molecule has 0 spiro atoms. The fourth-order valence-corrected chi connectivity index (χ4v) is 21.4. The zero-order chi connectivity index (χ0) is 94.0. The molecule has 3 heterocycles. The number of fused-ring (bicyclic) bond motifs is 3. The number of benzene rings is 10. The highest BCUT2D eigenvalue weighted by atomic mass is 32.2. The Labute approximate surface area is 783 Å². The molecule has 0 bridgehead atoms. The van der Waals surface area contributed by atoms with E-state index in [-0.39, 0.29) is 62.0 Å². The van der Waals surface area contributed by atoms with Gasteiger partial charge in [-0.3, -0.25) is 33.3 Å². The maximum atomic E-state index is 13.6. The van der Waals surface area contributed by atoms with Gasteiger partial charge in [0.25, 0.3) is 27.7 Å². The summed E-state index contributed by atoms with van der Waals surface area (Å²) in [5.74, 6) is 0.228. The molecule has 13 rings (SSSR count). The Hall–Kier alpha value is -11.9. The van der Waals surface area contributed by atoms with Gasteiger partial charge >= 0.3 is 0 Å². The monoisotopic (exact) mass is 1910 g/mol. The standard InChI is InChI=1S/C39H41N5O5S3.C38H41N5O6S4.C19H17N3OS2/c1-7-31(49-32-19-16-24(3)20-28(32)39(4,5)8-2)37(46)42-29-14-9-10-15-33(29)50-35(23-40)38-43-30-18-17-26(22-34(30)51-38)41-36(45)25-12-11-13-27(21-25)44-52(6,47)48;1-7-31(49-32-19-16-24(3)20-28(32)38(4,5)8-2)36(44)40-29-14-9-10-15-33(29)50-35(23-39)37-41-30-18-17-27(22-34(30)51-37)53(47,48)43-26-13-11-12-25(21-26)42-52(6,45)46;1-12(2)18(23)21-13-7-3-5-9-15(13)24-17(11-20)19-22-14-8-4-6-10-16(14)25-19/h9-22,31,35,44H,7-8H2,1-6H3,(H,41,45)(H,42,46);9-22,31,35,42-43H,7-8H2,1-6H3,(H,40,44);3-10,12,17H,1-2H3,(H,21,23). The van der Waals surface area contributed by atoms with Crippen LogP contribution in [0.25, 0.3) is 30.6 Å². The Bertz CT molecular complexity index is 6800. The number of aromatic nitrogens is 3. The molecule has 0 aliphatic carbocycles. The number of thioether (sulfide) groups is 3. The Morgan fingerprint density at radius 2 is 0.815 bits per heavy atom. The van der Waals surface area contributed by atoms with Gasteiger partial charge in [-0.1, -0.05) is 201 Å². The first-order valence-corrected chi connectivity index (χ1v) is 51.7. The molecule has 130 heavy (non-hydrogen) atoms. The summed E-state index contributed by atoms with van der Waals surface area (Å²) < 4.78 is 95.4. The second-order valence-electron chi connectivity index (χ2n) is 31.9. The van der Waals surface area contributed by atoms with Crippen LogP contribution in [0.3, 0.4) is 0 Å². The van der Waals surface area contributed by atoms with Gasteiger partial charge in [0.1, 0.15) is 42.3 Å². The van der Waals surface area contributed by atoms with Crippen molar-refractivity contribution < 1.29 is 53.9 Å². The van der Waals surface area contributed by atoms with Crippen LogP contribution in [0.2, 0.25) is 0 Å². The summed E-state index contributed by atoms with van der Waals surface area (Å²) in [5.41, 5.74) is 9.47. The molecule has 4 amide bonds. The third-order valence-corrected chi connectivity index (χ3v) is 30.4. The lowest BCUT2D eigenvalue weighted by Gasteiger charge is -2.28. The molecule has 0 fully saturated rings. The van der Waals surface area contributed by atoms with Crippen LogP contribution in [0.4, 0.5) is 39.8 Å². The van der Waals surface area contributed by atoms with Crippen LogP contribution in [0.1, 0.15) is 158 Å². The van der Waals surface area contributed by atoms with Gasteiger partial charge in [-0.25, -0.2) is 40.2 Å². The Morgan fingerprint density at radius 3 is 1.25 bits per heavy atom. The summed E-state index contributed by atoms with van der Waals surface area (Å²) in [6.45, 7) is 24.5. The summed E-state index contributed by atoms with van der Waals surface area (Å²) in [4.78, 5) is 68.4. The number of ether oxygens (including phenoxy) is 2. The summed E-state index contributed by atoms with van der Waals surface area (Å²) in [5, 5.41) is 41.9. The number of anilines is 7. The molecule has 0 radical (unpaired) electrons.